The Morgan fingerprint density at radius 2 is 0.976 bits per heavy atom. The van der Waals surface area contributed by atoms with Crippen LogP contribution >= 0.6 is 15.9 Å². The second kappa shape index (κ2) is 35.3. The molecule has 82 heavy (non-hydrogen) atoms. The van der Waals surface area contributed by atoms with Gasteiger partial charge >= 0.3 is 24.0 Å². The molecule has 0 saturated carbocycles. The predicted octanol–water partition coefficient (Wildman–Crippen LogP) is 9.54. The zero-order chi connectivity index (χ0) is 57.0. The minimum absolute atomic E-state index is 0. The Labute approximate surface area is 516 Å². The van der Waals surface area contributed by atoms with E-state index in [-0.39, 0.29) is 96.8 Å². The molecule has 4 N–H and O–H groups in total. The van der Waals surface area contributed by atoms with Crippen molar-refractivity contribution in [2.75, 3.05) is 50.9 Å². The number of imidazole rings is 2. The van der Waals surface area contributed by atoms with E-state index in [1.165, 1.54) is 36.2 Å². The molecule has 0 fully saturated rings. The van der Waals surface area contributed by atoms with Crippen LogP contribution in [0.25, 0.3) is 22.3 Å². The van der Waals surface area contributed by atoms with E-state index >= 15 is 0 Å². The van der Waals surface area contributed by atoms with Gasteiger partial charge in [-0.15, -0.1) is 0 Å². The first-order valence-corrected chi connectivity index (χ1v) is 28.0. The van der Waals surface area contributed by atoms with Crippen LogP contribution in [0.5, 0.6) is 18.0 Å². The Kier molecular flexibility index (Phi) is 31.9. The number of esters is 2. The van der Waals surface area contributed by atoms with Gasteiger partial charge in [0.1, 0.15) is 17.7 Å². The third kappa shape index (κ3) is 23.0. The van der Waals surface area contributed by atoms with E-state index < -0.39 is 11.2 Å². The van der Waals surface area contributed by atoms with Crippen molar-refractivity contribution in [1.29, 1.82) is 0 Å². The maximum absolute atomic E-state index is 12.3. The molecular formula is C61H91BrClN11O7W. The van der Waals surface area contributed by atoms with Crippen molar-refractivity contribution < 1.29 is 71.2 Å². The Morgan fingerprint density at radius 3 is 1.40 bits per heavy atom. The number of aromatic nitrogens is 8. The molecule has 0 aliphatic rings. The van der Waals surface area contributed by atoms with Crippen molar-refractivity contribution in [3.8, 4) is 18.0 Å². The molecule has 18 nitrogen and oxygen atoms in total. The number of hydrogen-bond acceptors (Lipinski definition) is 15. The molecule has 7 rings (SSSR count). The maximum atomic E-state index is 12.3. The molecule has 0 aliphatic heterocycles. The molecule has 0 saturated heterocycles. The zero-order valence-electron chi connectivity index (χ0n) is 48.8. The Balaban J connectivity index is 0.000000643. The van der Waals surface area contributed by atoms with Gasteiger partial charge in [-0.3, -0.25) is 18.7 Å². The van der Waals surface area contributed by atoms with Crippen LogP contribution in [0.4, 0.5) is 11.6 Å². The quantitative estimate of drug-likeness (QED) is 0.0264. The maximum Gasteiger partial charge on any atom is 0.320 e. The molecule has 0 spiro atoms. The van der Waals surface area contributed by atoms with E-state index in [1.807, 2.05) is 106 Å². The Morgan fingerprint density at radius 1 is 0.561 bits per heavy atom. The molecule has 21 heteroatoms. The number of unbranched alkanes of at least 4 members (excludes halogenated alkanes) is 2. The van der Waals surface area contributed by atoms with Gasteiger partial charge in [0.05, 0.1) is 65.4 Å². The molecule has 452 valence electrons. The summed E-state index contributed by atoms with van der Waals surface area (Å²) in [6, 6.07) is 27.2. The van der Waals surface area contributed by atoms with Crippen molar-refractivity contribution in [2.45, 2.75) is 167 Å². The van der Waals surface area contributed by atoms with Gasteiger partial charge in [-0.2, -0.15) is 24.9 Å². The van der Waals surface area contributed by atoms with Crippen LogP contribution in [0.15, 0.2) is 83.6 Å². The first-order valence-electron chi connectivity index (χ1n) is 27.2. The van der Waals surface area contributed by atoms with Crippen molar-refractivity contribution in [3.63, 3.8) is 0 Å². The minimum atomic E-state index is -0.520. The summed E-state index contributed by atoms with van der Waals surface area (Å²) in [5.74, 6) is -0.00933. The molecular weight excluding hydrogens is 1300 g/mol. The second-order valence-corrected chi connectivity index (χ2v) is 21.7. The number of hydrogen-bond donors (Lipinski definition) is 2. The van der Waals surface area contributed by atoms with Gasteiger partial charge in [-0.1, -0.05) is 120 Å². The summed E-state index contributed by atoms with van der Waals surface area (Å²) in [4.78, 5) is 50.9. The van der Waals surface area contributed by atoms with Gasteiger partial charge < -0.3 is 52.0 Å². The fourth-order valence-corrected chi connectivity index (χ4v) is 8.80. The zero-order valence-corrected chi connectivity index (χ0v) is 54.1. The fraction of sp³-hybridized carbons (Fsp3) is 0.508. The third-order valence-corrected chi connectivity index (χ3v) is 13.0. The number of nitrogens with two attached hydrogens (primary N) is 2. The fourth-order valence-electron chi connectivity index (χ4n) is 8.33. The molecule has 0 unspecified atom stereocenters. The Hall–Kier alpha value is -5.88. The van der Waals surface area contributed by atoms with E-state index in [0.717, 1.165) is 47.9 Å². The van der Waals surface area contributed by atoms with Gasteiger partial charge in [-0.05, 0) is 120 Å². The average Bonchev–Trinajstić information content (AvgIpc) is 3.88. The van der Waals surface area contributed by atoms with Crippen molar-refractivity contribution in [1.82, 2.24) is 39.0 Å². The topological polar surface area (TPSA) is 220 Å². The molecule has 0 amide bonds. The number of carbonyl (C=O) groups excluding carboxylic acids is 2. The summed E-state index contributed by atoms with van der Waals surface area (Å²) >= 11 is 3.50. The average molecular weight is 1390 g/mol. The number of ether oxygens (including phenoxy) is 5. The first kappa shape index (κ1) is 74.1. The number of benzene rings is 3. The molecule has 4 aromatic heterocycles. The number of fused-ring (bicyclic) bond motifs is 2. The predicted molar refractivity (Wildman–Crippen MR) is 325 cm³/mol. The van der Waals surface area contributed by atoms with Crippen LogP contribution in [0.3, 0.4) is 0 Å². The summed E-state index contributed by atoms with van der Waals surface area (Å²) in [6.07, 6.45) is 4.23. The smallest absolute Gasteiger partial charge is 0.320 e. The van der Waals surface area contributed by atoms with Gasteiger partial charge in [0, 0.05) is 26.6 Å². The van der Waals surface area contributed by atoms with E-state index in [2.05, 4.69) is 111 Å². The number of anilines is 2. The van der Waals surface area contributed by atoms with Crippen LogP contribution in [-0.4, -0.2) is 106 Å². The monoisotopic (exact) mass is 1390 g/mol. The Bertz CT molecular complexity index is 3030. The summed E-state index contributed by atoms with van der Waals surface area (Å²) in [5.41, 5.74) is 18.5. The van der Waals surface area contributed by atoms with Gasteiger partial charge in [0.25, 0.3) is 6.01 Å². The minimum Gasteiger partial charge on any atom is -1.00 e. The molecule has 4 heterocycles. The van der Waals surface area contributed by atoms with Gasteiger partial charge in [-0.25, -0.2) is 4.98 Å². The van der Waals surface area contributed by atoms with Crippen LogP contribution in [0, 0.1) is 0 Å². The summed E-state index contributed by atoms with van der Waals surface area (Å²) in [6.45, 7) is 31.3. The third-order valence-electron chi connectivity index (χ3n) is 12.4. The summed E-state index contributed by atoms with van der Waals surface area (Å²) in [7, 11) is 0. The van der Waals surface area contributed by atoms with Crippen LogP contribution in [0.2, 0.25) is 0 Å². The SMILES string of the molecule is C.C.CCCCOc1nc(N)c2nc(Br)n(Cc3cccc(CC(=O)OC(C)(C)C)c3)c2n1.CCCCOc1nc(N)c2nc(OCC)n(Cc3cccc(CC(=O)OC(C)(C)C)c3)c2n1.CC[N+](CC)(CC)Cc1ccccc1.[Cl-].[W]. The standard InChI is InChI=1S/C24H33N5O4.C22H28BrN5O3.C13H22N.2CH4.ClH.W/c1-6-8-12-32-22-27-20(25)19-21(28-22)29(23(26-19)31-7-2)15-17-11-9-10-16(13-17)14-18(30)33-24(3,4)5;1-5-6-10-30-21-26-18(24)17-19(27-21)28(20(23)25-17)13-15-9-7-8-14(11-15)12-16(29)31-22(2,3)4;1-4-14(5-2,6-3)12-13-10-8-7-9-11-13;;;;/h9-11,13H,6-8,12,14-15H2,1-5H3,(H2,25,27,28);7-9,11H,5-6,10,12-13H2,1-4H3,(H2,24,26,27);7-11H,4-6,12H2,1-3H3;2*1H4;1H;/q;;+1;;;;/p-1. The van der Waals surface area contributed by atoms with Crippen molar-refractivity contribution in [3.05, 3.63) is 111 Å². The van der Waals surface area contributed by atoms with Gasteiger partial charge in [0.2, 0.25) is 0 Å². The van der Waals surface area contributed by atoms with Crippen LogP contribution < -0.4 is 38.1 Å². The summed E-state index contributed by atoms with van der Waals surface area (Å²) in [5, 5.41) is 0. The van der Waals surface area contributed by atoms with Crippen molar-refractivity contribution in [2.24, 2.45) is 0 Å². The number of halogens is 2. The second-order valence-electron chi connectivity index (χ2n) is 21.0. The molecule has 0 atom stereocenters. The van der Waals surface area contributed by atoms with E-state index in [0.29, 0.717) is 66.0 Å². The van der Waals surface area contributed by atoms with Gasteiger partial charge in [0.15, 0.2) is 38.7 Å². The molecule has 0 radical (unpaired) electrons. The molecule has 7 aromatic rings. The van der Waals surface area contributed by atoms with Crippen molar-refractivity contribution >= 4 is 61.8 Å². The van der Waals surface area contributed by atoms with Crippen LogP contribution in [-0.2, 0) is 72.6 Å². The van der Waals surface area contributed by atoms with E-state index in [4.69, 9.17) is 35.2 Å². The first-order chi connectivity index (χ1) is 37.1. The number of carbonyl (C=O) groups is 2. The molecule has 0 bridgehead atoms. The number of nitrogens with zero attached hydrogens (tertiary/aromatic N) is 9. The number of quaternary nitrogens is 1. The molecule has 3 aromatic carbocycles. The normalized spacial score (nSPS) is 11.0. The molecule has 0 aliphatic carbocycles. The number of nitrogen functional groups attached to an aromatic ring is 2. The largest absolute Gasteiger partial charge is 1.00 e. The summed E-state index contributed by atoms with van der Waals surface area (Å²) < 4.78 is 33.5. The van der Waals surface area contributed by atoms with E-state index in [1.54, 1.807) is 0 Å². The number of rotatable bonds is 23. The van der Waals surface area contributed by atoms with E-state index in [9.17, 15) is 9.59 Å². The van der Waals surface area contributed by atoms with Crippen LogP contribution in [0.1, 0.15) is 151 Å².